The highest BCUT2D eigenvalue weighted by Gasteiger charge is 2.13. The number of hydrogen-bond acceptors (Lipinski definition) is 4. The zero-order chi connectivity index (χ0) is 15.1. The number of primary amides is 1. The summed E-state index contributed by atoms with van der Waals surface area (Å²) < 4.78 is 0. The van der Waals surface area contributed by atoms with Gasteiger partial charge in [-0.1, -0.05) is 12.1 Å². The molecule has 0 aromatic heterocycles. The molecule has 1 aromatic carbocycles. The predicted octanol–water partition coefficient (Wildman–Crippen LogP) is -0.0518. The molecule has 1 aliphatic heterocycles. The van der Waals surface area contributed by atoms with Gasteiger partial charge in [-0.25, -0.2) is 0 Å². The topological polar surface area (TPSA) is 87.5 Å². The molecule has 6 heteroatoms. The van der Waals surface area contributed by atoms with E-state index in [1.807, 2.05) is 24.3 Å². The summed E-state index contributed by atoms with van der Waals surface area (Å²) >= 11 is 0. The van der Waals surface area contributed by atoms with Gasteiger partial charge in [-0.2, -0.15) is 0 Å². The molecule has 0 saturated carbocycles. The van der Waals surface area contributed by atoms with E-state index in [-0.39, 0.29) is 11.8 Å². The molecule has 1 saturated heterocycles. The van der Waals surface area contributed by atoms with Crippen LogP contribution in [0.1, 0.15) is 12.0 Å². The van der Waals surface area contributed by atoms with Crippen LogP contribution in [0.3, 0.4) is 0 Å². The smallest absolute Gasteiger partial charge is 0.238 e. The highest BCUT2D eigenvalue weighted by Crippen LogP contribution is 2.11. The second kappa shape index (κ2) is 7.75. The summed E-state index contributed by atoms with van der Waals surface area (Å²) in [5, 5.41) is 6.15. The number of aryl methyl sites for hydroxylation is 1. The lowest BCUT2D eigenvalue weighted by Crippen LogP contribution is -2.46. The SMILES string of the molecule is NC(=O)CCc1ccc(NC(=O)CN2CCNCC2)cc1. The molecule has 0 unspecified atom stereocenters. The molecule has 6 nitrogen and oxygen atoms in total. The Balaban J connectivity index is 1.79. The molecule has 0 radical (unpaired) electrons. The minimum absolute atomic E-state index is 0.00165. The van der Waals surface area contributed by atoms with E-state index in [1.165, 1.54) is 0 Å². The van der Waals surface area contributed by atoms with Crippen LogP contribution in [0, 0.1) is 0 Å². The van der Waals surface area contributed by atoms with Crippen LogP contribution in [-0.2, 0) is 16.0 Å². The van der Waals surface area contributed by atoms with Crippen molar-refractivity contribution in [1.29, 1.82) is 0 Å². The molecule has 4 N–H and O–H groups in total. The van der Waals surface area contributed by atoms with Crippen molar-refractivity contribution in [2.45, 2.75) is 12.8 Å². The fourth-order valence-corrected chi connectivity index (χ4v) is 2.30. The summed E-state index contributed by atoms with van der Waals surface area (Å²) in [6, 6.07) is 7.52. The fourth-order valence-electron chi connectivity index (χ4n) is 2.30. The maximum absolute atomic E-state index is 11.9. The number of carbonyl (C=O) groups is 2. The van der Waals surface area contributed by atoms with E-state index >= 15 is 0 Å². The van der Waals surface area contributed by atoms with Crippen LogP contribution < -0.4 is 16.4 Å². The quantitative estimate of drug-likeness (QED) is 0.685. The molecule has 1 fully saturated rings. The Kier molecular flexibility index (Phi) is 5.71. The number of nitrogens with zero attached hydrogens (tertiary/aromatic N) is 1. The maximum Gasteiger partial charge on any atom is 0.238 e. The van der Waals surface area contributed by atoms with Gasteiger partial charge < -0.3 is 16.4 Å². The van der Waals surface area contributed by atoms with Crippen LogP contribution in [-0.4, -0.2) is 49.4 Å². The summed E-state index contributed by atoms with van der Waals surface area (Å²) in [4.78, 5) is 24.8. The van der Waals surface area contributed by atoms with Crippen molar-refractivity contribution in [3.8, 4) is 0 Å². The third kappa shape index (κ3) is 5.53. The van der Waals surface area contributed by atoms with Gasteiger partial charge in [0.25, 0.3) is 0 Å². The van der Waals surface area contributed by atoms with Gasteiger partial charge in [-0.05, 0) is 24.1 Å². The second-order valence-electron chi connectivity index (χ2n) is 5.24. The summed E-state index contributed by atoms with van der Waals surface area (Å²) in [5.41, 5.74) is 6.93. The van der Waals surface area contributed by atoms with Crippen molar-refractivity contribution in [1.82, 2.24) is 10.2 Å². The Hall–Kier alpha value is -1.92. The molecule has 0 spiro atoms. The van der Waals surface area contributed by atoms with E-state index in [0.717, 1.165) is 37.4 Å². The van der Waals surface area contributed by atoms with E-state index in [0.29, 0.717) is 19.4 Å². The molecule has 1 heterocycles. The first kappa shape index (κ1) is 15.5. The normalized spacial score (nSPS) is 15.6. The molecular weight excluding hydrogens is 268 g/mol. The Morgan fingerprint density at radius 1 is 1.19 bits per heavy atom. The van der Waals surface area contributed by atoms with Gasteiger partial charge in [0.1, 0.15) is 0 Å². The first-order valence-electron chi connectivity index (χ1n) is 7.23. The highest BCUT2D eigenvalue weighted by molar-refractivity contribution is 5.92. The summed E-state index contributed by atoms with van der Waals surface area (Å²) in [6.45, 7) is 4.09. The van der Waals surface area contributed by atoms with Gasteiger partial charge in [0.2, 0.25) is 11.8 Å². The molecule has 0 aliphatic carbocycles. The van der Waals surface area contributed by atoms with Gasteiger partial charge in [0.15, 0.2) is 0 Å². The van der Waals surface area contributed by atoms with Gasteiger partial charge in [-0.15, -0.1) is 0 Å². The van der Waals surface area contributed by atoms with Crippen LogP contribution in [0.5, 0.6) is 0 Å². The van der Waals surface area contributed by atoms with Crippen molar-refractivity contribution < 1.29 is 9.59 Å². The Morgan fingerprint density at radius 3 is 2.48 bits per heavy atom. The second-order valence-corrected chi connectivity index (χ2v) is 5.24. The monoisotopic (exact) mass is 290 g/mol. The van der Waals surface area contributed by atoms with Gasteiger partial charge in [0.05, 0.1) is 6.54 Å². The molecule has 0 bridgehead atoms. The third-order valence-corrected chi connectivity index (χ3v) is 3.47. The molecule has 114 valence electrons. The number of nitrogens with one attached hydrogen (secondary N) is 2. The van der Waals surface area contributed by atoms with Crippen LogP contribution in [0.15, 0.2) is 24.3 Å². The number of carbonyl (C=O) groups excluding carboxylic acids is 2. The first-order chi connectivity index (χ1) is 10.1. The molecule has 21 heavy (non-hydrogen) atoms. The standard InChI is InChI=1S/C15H22N4O2/c16-14(20)6-3-12-1-4-13(5-2-12)18-15(21)11-19-9-7-17-8-10-19/h1-2,4-5,17H,3,6-11H2,(H2,16,20)(H,18,21). The number of piperazine rings is 1. The molecular formula is C15H22N4O2. The Labute approximate surface area is 124 Å². The average Bonchev–Trinajstić information content (AvgIpc) is 2.47. The lowest BCUT2D eigenvalue weighted by atomic mass is 10.1. The highest BCUT2D eigenvalue weighted by atomic mass is 16.2. The number of nitrogens with two attached hydrogens (primary N) is 1. The molecule has 0 atom stereocenters. The van der Waals surface area contributed by atoms with Crippen LogP contribution in [0.4, 0.5) is 5.69 Å². The molecule has 1 aromatic rings. The number of hydrogen-bond donors (Lipinski definition) is 3. The number of amides is 2. The largest absolute Gasteiger partial charge is 0.370 e. The molecule has 2 rings (SSSR count). The third-order valence-electron chi connectivity index (χ3n) is 3.47. The van der Waals surface area contributed by atoms with Crippen LogP contribution in [0.25, 0.3) is 0 Å². The lowest BCUT2D eigenvalue weighted by molar-refractivity contribution is -0.118. The number of anilines is 1. The Morgan fingerprint density at radius 2 is 1.86 bits per heavy atom. The number of benzene rings is 1. The average molecular weight is 290 g/mol. The molecule has 2 amide bonds. The maximum atomic E-state index is 11.9. The van der Waals surface area contributed by atoms with Crippen LogP contribution in [0.2, 0.25) is 0 Å². The fraction of sp³-hybridized carbons (Fsp3) is 0.467. The molecule has 1 aliphatic rings. The lowest BCUT2D eigenvalue weighted by Gasteiger charge is -2.26. The van der Waals surface area contributed by atoms with E-state index in [2.05, 4.69) is 15.5 Å². The van der Waals surface area contributed by atoms with Crippen molar-refractivity contribution in [3.63, 3.8) is 0 Å². The number of rotatable bonds is 6. The summed E-state index contributed by atoms with van der Waals surface area (Å²) in [5.74, 6) is -0.301. The summed E-state index contributed by atoms with van der Waals surface area (Å²) in [7, 11) is 0. The van der Waals surface area contributed by atoms with E-state index < -0.39 is 0 Å². The zero-order valence-electron chi connectivity index (χ0n) is 12.1. The van der Waals surface area contributed by atoms with Crippen molar-refractivity contribution in [2.24, 2.45) is 5.73 Å². The summed E-state index contributed by atoms with van der Waals surface area (Å²) in [6.07, 6.45) is 0.971. The minimum Gasteiger partial charge on any atom is -0.370 e. The van der Waals surface area contributed by atoms with Gasteiger partial charge >= 0.3 is 0 Å². The predicted molar refractivity (Wildman–Crippen MR) is 81.9 cm³/mol. The van der Waals surface area contributed by atoms with E-state index in [1.54, 1.807) is 0 Å². The van der Waals surface area contributed by atoms with Gasteiger partial charge in [0, 0.05) is 38.3 Å². The Bertz CT molecular complexity index is 481. The van der Waals surface area contributed by atoms with Crippen molar-refractivity contribution in [3.05, 3.63) is 29.8 Å². The van der Waals surface area contributed by atoms with E-state index in [4.69, 9.17) is 5.73 Å². The van der Waals surface area contributed by atoms with E-state index in [9.17, 15) is 9.59 Å². The zero-order valence-corrected chi connectivity index (χ0v) is 12.1. The van der Waals surface area contributed by atoms with Gasteiger partial charge in [-0.3, -0.25) is 14.5 Å². The first-order valence-corrected chi connectivity index (χ1v) is 7.23. The minimum atomic E-state index is -0.302. The van der Waals surface area contributed by atoms with Crippen LogP contribution >= 0.6 is 0 Å². The van der Waals surface area contributed by atoms with Crippen molar-refractivity contribution in [2.75, 3.05) is 38.0 Å². The van der Waals surface area contributed by atoms with Crippen molar-refractivity contribution >= 4 is 17.5 Å².